The van der Waals surface area contributed by atoms with Crippen LogP contribution in [0.3, 0.4) is 0 Å². The fraction of sp³-hybridized carbons (Fsp3) is 0.364. The Morgan fingerprint density at radius 2 is 1.86 bits per heavy atom. The number of ether oxygens (including phenoxy) is 1. The molecule has 0 saturated carbocycles. The lowest BCUT2D eigenvalue weighted by atomic mass is 10.0. The summed E-state index contributed by atoms with van der Waals surface area (Å²) in [7, 11) is 1.53. The summed E-state index contributed by atoms with van der Waals surface area (Å²) in [6, 6.07) is 7.51. The highest BCUT2D eigenvalue weighted by Crippen LogP contribution is 2.18. The van der Waals surface area contributed by atoms with Crippen molar-refractivity contribution in [3.8, 4) is 5.75 Å². The van der Waals surface area contributed by atoms with E-state index in [1.807, 2.05) is 12.1 Å². The Morgan fingerprint density at radius 3 is 2.29 bits per heavy atom. The maximum Gasteiger partial charge on any atom is 0.412 e. The third-order valence-electron chi connectivity index (χ3n) is 1.96. The first-order chi connectivity index (χ1) is 6.63. The second-order valence-electron chi connectivity index (χ2n) is 3.36. The normalized spacial score (nSPS) is 10.0. The van der Waals surface area contributed by atoms with Crippen LogP contribution in [0.4, 0.5) is 4.79 Å². The molecule has 1 rings (SSSR count). The van der Waals surface area contributed by atoms with E-state index in [1.165, 1.54) is 12.6 Å². The number of carbonyl (C=O) groups excluding carboxylic acids is 1. The van der Waals surface area contributed by atoms with Crippen LogP contribution in [0.1, 0.15) is 25.3 Å². The Morgan fingerprint density at radius 1 is 1.29 bits per heavy atom. The van der Waals surface area contributed by atoms with Crippen LogP contribution in [-0.4, -0.2) is 13.1 Å². The summed E-state index contributed by atoms with van der Waals surface area (Å²) in [6.07, 6.45) is -0.442. The number of benzene rings is 1. The molecule has 0 bridgehead atoms. The summed E-state index contributed by atoms with van der Waals surface area (Å²) in [5, 5.41) is 2.39. The molecule has 0 spiro atoms. The van der Waals surface area contributed by atoms with Crippen LogP contribution in [0.15, 0.2) is 24.3 Å². The number of carbonyl (C=O) groups is 1. The summed E-state index contributed by atoms with van der Waals surface area (Å²) in [5.41, 5.74) is 1.23. The molecule has 1 aromatic carbocycles. The first kappa shape index (κ1) is 10.6. The summed E-state index contributed by atoms with van der Waals surface area (Å²) in [5.74, 6) is 1.05. The molecule has 0 fully saturated rings. The van der Waals surface area contributed by atoms with Gasteiger partial charge in [0, 0.05) is 7.05 Å². The molecule has 1 aromatic rings. The predicted octanol–water partition coefficient (Wildman–Crippen LogP) is 2.53. The fourth-order valence-electron chi connectivity index (χ4n) is 1.08. The lowest BCUT2D eigenvalue weighted by Crippen LogP contribution is -2.21. The van der Waals surface area contributed by atoms with E-state index in [1.54, 1.807) is 12.1 Å². The SMILES string of the molecule is CNC(=O)Oc1ccc(C(C)C)cc1. The molecule has 0 aliphatic heterocycles. The molecule has 0 atom stereocenters. The quantitative estimate of drug-likeness (QED) is 0.783. The highest BCUT2D eigenvalue weighted by atomic mass is 16.5. The molecular formula is C11H15NO2. The standard InChI is InChI=1S/C11H15NO2/c1-8(2)9-4-6-10(7-5-9)14-11(13)12-3/h4-8H,1-3H3,(H,12,13). The Balaban J connectivity index is 2.69. The molecule has 0 saturated heterocycles. The molecule has 0 unspecified atom stereocenters. The van der Waals surface area contributed by atoms with E-state index in [0.29, 0.717) is 11.7 Å². The monoisotopic (exact) mass is 193 g/mol. The molecule has 3 heteroatoms. The van der Waals surface area contributed by atoms with E-state index in [2.05, 4.69) is 19.2 Å². The van der Waals surface area contributed by atoms with Crippen LogP contribution in [0, 0.1) is 0 Å². The number of hydrogen-bond acceptors (Lipinski definition) is 2. The first-order valence-electron chi connectivity index (χ1n) is 4.63. The molecule has 0 aliphatic rings. The molecule has 14 heavy (non-hydrogen) atoms. The first-order valence-corrected chi connectivity index (χ1v) is 4.63. The van der Waals surface area contributed by atoms with Gasteiger partial charge < -0.3 is 10.1 Å². The van der Waals surface area contributed by atoms with Crippen molar-refractivity contribution in [1.82, 2.24) is 5.32 Å². The molecule has 0 aliphatic carbocycles. The zero-order chi connectivity index (χ0) is 10.6. The molecule has 0 aromatic heterocycles. The minimum atomic E-state index is -0.442. The van der Waals surface area contributed by atoms with Crippen molar-refractivity contribution in [3.05, 3.63) is 29.8 Å². The van der Waals surface area contributed by atoms with Crippen LogP contribution in [0.2, 0.25) is 0 Å². The van der Waals surface area contributed by atoms with Gasteiger partial charge in [-0.05, 0) is 23.6 Å². The number of rotatable bonds is 2. The van der Waals surface area contributed by atoms with Gasteiger partial charge in [-0.3, -0.25) is 0 Å². The molecule has 1 amide bonds. The van der Waals surface area contributed by atoms with Crippen LogP contribution in [0.25, 0.3) is 0 Å². The maximum absolute atomic E-state index is 10.9. The van der Waals surface area contributed by atoms with Crippen molar-refractivity contribution in [2.75, 3.05) is 7.05 Å². The fourth-order valence-corrected chi connectivity index (χ4v) is 1.08. The zero-order valence-electron chi connectivity index (χ0n) is 8.70. The average molecular weight is 193 g/mol. The highest BCUT2D eigenvalue weighted by molar-refractivity contribution is 5.69. The van der Waals surface area contributed by atoms with Gasteiger partial charge in [-0.25, -0.2) is 4.79 Å². The Kier molecular flexibility index (Phi) is 3.51. The van der Waals surface area contributed by atoms with Crippen molar-refractivity contribution in [1.29, 1.82) is 0 Å². The van der Waals surface area contributed by atoms with Gasteiger partial charge in [0.1, 0.15) is 5.75 Å². The Bertz CT molecular complexity index is 304. The van der Waals surface area contributed by atoms with Gasteiger partial charge in [0.2, 0.25) is 0 Å². The molecule has 0 radical (unpaired) electrons. The minimum absolute atomic E-state index is 0.442. The third-order valence-corrected chi connectivity index (χ3v) is 1.96. The molecule has 3 nitrogen and oxygen atoms in total. The lowest BCUT2D eigenvalue weighted by molar-refractivity contribution is 0.203. The number of nitrogens with one attached hydrogen (secondary N) is 1. The van der Waals surface area contributed by atoms with Gasteiger partial charge in [0.05, 0.1) is 0 Å². The van der Waals surface area contributed by atoms with E-state index < -0.39 is 6.09 Å². The van der Waals surface area contributed by atoms with E-state index >= 15 is 0 Å². The zero-order valence-corrected chi connectivity index (χ0v) is 8.70. The molecule has 76 valence electrons. The van der Waals surface area contributed by atoms with Crippen LogP contribution >= 0.6 is 0 Å². The maximum atomic E-state index is 10.9. The van der Waals surface area contributed by atoms with Gasteiger partial charge in [0.25, 0.3) is 0 Å². The minimum Gasteiger partial charge on any atom is -0.410 e. The summed E-state index contributed by atoms with van der Waals surface area (Å²) < 4.78 is 4.95. The van der Waals surface area contributed by atoms with Gasteiger partial charge in [-0.2, -0.15) is 0 Å². The number of hydrogen-bond donors (Lipinski definition) is 1. The van der Waals surface area contributed by atoms with Gasteiger partial charge in [-0.1, -0.05) is 26.0 Å². The highest BCUT2D eigenvalue weighted by Gasteiger charge is 2.02. The molecular weight excluding hydrogens is 178 g/mol. The Hall–Kier alpha value is -1.51. The van der Waals surface area contributed by atoms with Crippen LogP contribution in [-0.2, 0) is 0 Å². The lowest BCUT2D eigenvalue weighted by Gasteiger charge is -2.06. The second kappa shape index (κ2) is 4.65. The van der Waals surface area contributed by atoms with Crippen molar-refractivity contribution >= 4 is 6.09 Å². The van der Waals surface area contributed by atoms with Crippen molar-refractivity contribution in [2.45, 2.75) is 19.8 Å². The largest absolute Gasteiger partial charge is 0.412 e. The van der Waals surface area contributed by atoms with Crippen molar-refractivity contribution < 1.29 is 9.53 Å². The van der Waals surface area contributed by atoms with Gasteiger partial charge in [0.15, 0.2) is 0 Å². The molecule has 1 N–H and O–H groups in total. The van der Waals surface area contributed by atoms with E-state index in [0.717, 1.165) is 0 Å². The second-order valence-corrected chi connectivity index (χ2v) is 3.36. The molecule has 0 heterocycles. The number of amides is 1. The third kappa shape index (κ3) is 2.76. The predicted molar refractivity (Wildman–Crippen MR) is 55.6 cm³/mol. The Labute approximate surface area is 84.1 Å². The summed E-state index contributed by atoms with van der Waals surface area (Å²) in [6.45, 7) is 4.24. The van der Waals surface area contributed by atoms with Gasteiger partial charge >= 0.3 is 6.09 Å². The van der Waals surface area contributed by atoms with E-state index in [4.69, 9.17) is 4.74 Å². The van der Waals surface area contributed by atoms with Crippen LogP contribution in [0.5, 0.6) is 5.75 Å². The van der Waals surface area contributed by atoms with E-state index in [9.17, 15) is 4.79 Å². The van der Waals surface area contributed by atoms with E-state index in [-0.39, 0.29) is 0 Å². The van der Waals surface area contributed by atoms with Crippen LogP contribution < -0.4 is 10.1 Å². The summed E-state index contributed by atoms with van der Waals surface area (Å²) in [4.78, 5) is 10.9. The topological polar surface area (TPSA) is 38.3 Å². The smallest absolute Gasteiger partial charge is 0.410 e. The summed E-state index contributed by atoms with van der Waals surface area (Å²) >= 11 is 0. The van der Waals surface area contributed by atoms with Crippen molar-refractivity contribution in [3.63, 3.8) is 0 Å². The average Bonchev–Trinajstić information content (AvgIpc) is 2.18. The van der Waals surface area contributed by atoms with Gasteiger partial charge in [-0.15, -0.1) is 0 Å². The van der Waals surface area contributed by atoms with Crippen molar-refractivity contribution in [2.24, 2.45) is 0 Å².